The zero-order valence-electron chi connectivity index (χ0n) is 6.85. The van der Waals surface area contributed by atoms with E-state index in [0.717, 1.165) is 6.92 Å². The van der Waals surface area contributed by atoms with Crippen LogP contribution in [0.4, 0.5) is 22.0 Å². The molecule has 8 heteroatoms. The number of rotatable bonds is 0. The fraction of sp³-hybridized carbons (Fsp3) is 1.00. The molecule has 1 aliphatic heterocycles. The molecular formula is C6H7F5O3. The third-order valence-corrected chi connectivity index (χ3v) is 2.01. The number of halogens is 5. The highest BCUT2D eigenvalue weighted by molar-refractivity contribution is 5.04. The number of alkyl halides is 5. The molecule has 1 fully saturated rings. The topological polar surface area (TPSA) is 49.7 Å². The van der Waals surface area contributed by atoms with Gasteiger partial charge in [-0.2, -0.15) is 22.0 Å². The van der Waals surface area contributed by atoms with Gasteiger partial charge in [0.2, 0.25) is 0 Å². The molecule has 1 rings (SSSR count). The van der Waals surface area contributed by atoms with Gasteiger partial charge in [-0.25, -0.2) is 0 Å². The zero-order valence-corrected chi connectivity index (χ0v) is 6.85. The first-order chi connectivity index (χ1) is 6.04. The van der Waals surface area contributed by atoms with Gasteiger partial charge in [0.25, 0.3) is 0 Å². The Labute approximate surface area is 75.1 Å². The van der Waals surface area contributed by atoms with Crippen LogP contribution < -0.4 is 0 Å². The predicted octanol–water partition coefficient (Wildman–Crippen LogP) is 0.652. The van der Waals surface area contributed by atoms with E-state index in [4.69, 9.17) is 10.2 Å². The van der Waals surface area contributed by atoms with Crippen molar-refractivity contribution in [3.8, 4) is 0 Å². The number of aliphatic hydroxyl groups is 2. The second kappa shape index (κ2) is 2.77. The van der Waals surface area contributed by atoms with E-state index < -0.39 is 30.1 Å². The highest BCUT2D eigenvalue weighted by atomic mass is 19.4. The summed E-state index contributed by atoms with van der Waals surface area (Å²) in [5, 5.41) is 17.3. The molecule has 1 heterocycles. The van der Waals surface area contributed by atoms with Crippen molar-refractivity contribution in [2.75, 3.05) is 0 Å². The lowest BCUT2D eigenvalue weighted by atomic mass is 10.0. The van der Waals surface area contributed by atoms with Crippen LogP contribution >= 0.6 is 0 Å². The van der Waals surface area contributed by atoms with Gasteiger partial charge in [-0.15, -0.1) is 0 Å². The SMILES string of the molecule is CC1OC(O)(C(F)(F)F)C(F)(F)C1O. The van der Waals surface area contributed by atoms with Crippen LogP contribution in [-0.4, -0.2) is 40.3 Å². The van der Waals surface area contributed by atoms with Crippen molar-refractivity contribution in [3.05, 3.63) is 0 Å². The van der Waals surface area contributed by atoms with E-state index in [1.54, 1.807) is 0 Å². The second-order valence-corrected chi connectivity index (χ2v) is 3.03. The smallest absolute Gasteiger partial charge is 0.384 e. The molecule has 0 amide bonds. The molecule has 84 valence electrons. The summed E-state index contributed by atoms with van der Waals surface area (Å²) in [6, 6.07) is 0. The molecular weight excluding hydrogens is 215 g/mol. The van der Waals surface area contributed by atoms with Crippen molar-refractivity contribution in [2.24, 2.45) is 0 Å². The predicted molar refractivity (Wildman–Crippen MR) is 32.5 cm³/mol. The molecule has 1 aliphatic rings. The summed E-state index contributed by atoms with van der Waals surface area (Å²) in [7, 11) is 0. The molecule has 0 spiro atoms. The monoisotopic (exact) mass is 222 g/mol. The molecule has 2 N–H and O–H groups in total. The first-order valence-corrected chi connectivity index (χ1v) is 3.57. The minimum atomic E-state index is -5.66. The Bertz CT molecular complexity index is 240. The van der Waals surface area contributed by atoms with Crippen LogP contribution in [0, 0.1) is 0 Å². The molecule has 0 aromatic carbocycles. The van der Waals surface area contributed by atoms with Crippen molar-refractivity contribution in [3.63, 3.8) is 0 Å². The van der Waals surface area contributed by atoms with Crippen LogP contribution in [0.25, 0.3) is 0 Å². The zero-order chi connectivity index (χ0) is 11.4. The Morgan fingerprint density at radius 3 is 1.86 bits per heavy atom. The van der Waals surface area contributed by atoms with Crippen molar-refractivity contribution in [1.29, 1.82) is 0 Å². The number of ether oxygens (including phenoxy) is 1. The van der Waals surface area contributed by atoms with E-state index in [1.165, 1.54) is 0 Å². The number of aliphatic hydroxyl groups excluding tert-OH is 1. The minimum absolute atomic E-state index is 0.808. The number of hydrogen-bond acceptors (Lipinski definition) is 3. The molecule has 0 aliphatic carbocycles. The van der Waals surface area contributed by atoms with E-state index in [-0.39, 0.29) is 0 Å². The molecule has 0 bridgehead atoms. The Morgan fingerprint density at radius 2 is 1.71 bits per heavy atom. The molecule has 1 saturated heterocycles. The molecule has 0 aromatic rings. The van der Waals surface area contributed by atoms with Crippen LogP contribution in [0.1, 0.15) is 6.92 Å². The van der Waals surface area contributed by atoms with Crippen LogP contribution in [0.2, 0.25) is 0 Å². The highest BCUT2D eigenvalue weighted by Gasteiger charge is 2.78. The van der Waals surface area contributed by atoms with Crippen LogP contribution in [0.15, 0.2) is 0 Å². The average Bonchev–Trinajstić information content (AvgIpc) is 2.12. The maximum atomic E-state index is 12.8. The summed E-state index contributed by atoms with van der Waals surface area (Å²) in [4.78, 5) is 0. The first-order valence-electron chi connectivity index (χ1n) is 3.57. The maximum Gasteiger partial charge on any atom is 0.449 e. The summed E-state index contributed by atoms with van der Waals surface area (Å²) in [5.41, 5.74) is 0. The molecule has 14 heavy (non-hydrogen) atoms. The third-order valence-electron chi connectivity index (χ3n) is 2.01. The fourth-order valence-electron chi connectivity index (χ4n) is 1.16. The molecule has 3 nitrogen and oxygen atoms in total. The van der Waals surface area contributed by atoms with Gasteiger partial charge in [-0.1, -0.05) is 0 Å². The van der Waals surface area contributed by atoms with Crippen molar-refractivity contribution in [1.82, 2.24) is 0 Å². The molecule has 0 saturated carbocycles. The third kappa shape index (κ3) is 1.21. The first kappa shape index (κ1) is 11.6. The summed E-state index contributed by atoms with van der Waals surface area (Å²) in [6.45, 7) is 0.808. The summed E-state index contributed by atoms with van der Waals surface area (Å²) in [6.07, 6.45) is -10.1. The van der Waals surface area contributed by atoms with Crippen molar-refractivity contribution >= 4 is 0 Å². The Hall–Kier alpha value is -0.470. The van der Waals surface area contributed by atoms with Crippen LogP contribution in [0.5, 0.6) is 0 Å². The quantitative estimate of drug-likeness (QED) is 0.592. The lowest BCUT2D eigenvalue weighted by molar-refractivity contribution is -0.408. The molecule has 0 aromatic heterocycles. The van der Waals surface area contributed by atoms with E-state index in [9.17, 15) is 22.0 Å². The second-order valence-electron chi connectivity index (χ2n) is 3.03. The number of hydrogen-bond donors (Lipinski definition) is 2. The largest absolute Gasteiger partial charge is 0.449 e. The van der Waals surface area contributed by atoms with Gasteiger partial charge >= 0.3 is 17.9 Å². The Morgan fingerprint density at radius 1 is 1.29 bits per heavy atom. The molecule has 3 atom stereocenters. The van der Waals surface area contributed by atoms with Crippen molar-refractivity contribution in [2.45, 2.75) is 37.0 Å². The molecule has 0 radical (unpaired) electrons. The summed E-state index contributed by atoms with van der Waals surface area (Å²) < 4.78 is 65.3. The van der Waals surface area contributed by atoms with Gasteiger partial charge in [0.1, 0.15) is 6.10 Å². The standard InChI is InChI=1S/C6H7F5O3/c1-2-3(12)4(7,8)5(13,14-2)6(9,10)11/h2-3,12-13H,1H3. The highest BCUT2D eigenvalue weighted by Crippen LogP contribution is 2.50. The van der Waals surface area contributed by atoms with Gasteiger partial charge in [0.05, 0.1) is 6.10 Å². The fourth-order valence-corrected chi connectivity index (χ4v) is 1.16. The normalized spacial score (nSPS) is 42.9. The lowest BCUT2D eigenvalue weighted by Crippen LogP contribution is -2.59. The average molecular weight is 222 g/mol. The van der Waals surface area contributed by atoms with E-state index >= 15 is 0 Å². The van der Waals surface area contributed by atoms with Crippen LogP contribution in [0.3, 0.4) is 0 Å². The van der Waals surface area contributed by atoms with Gasteiger partial charge in [-0.05, 0) is 6.92 Å². The van der Waals surface area contributed by atoms with Crippen molar-refractivity contribution < 1.29 is 36.9 Å². The Kier molecular flexibility index (Phi) is 2.29. The van der Waals surface area contributed by atoms with E-state index in [2.05, 4.69) is 4.74 Å². The van der Waals surface area contributed by atoms with E-state index in [1.807, 2.05) is 0 Å². The lowest BCUT2D eigenvalue weighted by Gasteiger charge is -2.30. The minimum Gasteiger partial charge on any atom is -0.384 e. The molecule has 3 unspecified atom stereocenters. The summed E-state index contributed by atoms with van der Waals surface area (Å²) >= 11 is 0. The maximum absolute atomic E-state index is 12.8. The van der Waals surface area contributed by atoms with Gasteiger partial charge in [0, 0.05) is 0 Å². The Balaban J connectivity index is 3.14. The van der Waals surface area contributed by atoms with Crippen LogP contribution in [-0.2, 0) is 4.74 Å². The van der Waals surface area contributed by atoms with Gasteiger partial charge < -0.3 is 14.9 Å². The van der Waals surface area contributed by atoms with Gasteiger partial charge in [0.15, 0.2) is 0 Å². The van der Waals surface area contributed by atoms with E-state index in [0.29, 0.717) is 0 Å². The summed E-state index contributed by atoms with van der Waals surface area (Å²) in [5.74, 6) is -9.39. The van der Waals surface area contributed by atoms with Gasteiger partial charge in [-0.3, -0.25) is 0 Å².